The van der Waals surface area contributed by atoms with E-state index in [1.54, 1.807) is 24.8 Å². The Morgan fingerprint density at radius 3 is 1.02 bits per heavy atom. The minimum Gasteiger partial charge on any atom is -0.265 e. The van der Waals surface area contributed by atoms with Gasteiger partial charge in [0.1, 0.15) is 0 Å². The third-order valence-electron chi connectivity index (χ3n) is 9.28. The van der Waals surface area contributed by atoms with E-state index < -0.39 is 0 Å². The van der Waals surface area contributed by atoms with E-state index in [-0.39, 0.29) is 0 Å². The first-order valence-electron chi connectivity index (χ1n) is 17.9. The maximum absolute atomic E-state index is 10.1. The third-order valence-corrected chi connectivity index (χ3v) is 9.28. The summed E-state index contributed by atoms with van der Waals surface area (Å²) >= 11 is 0. The predicted octanol–water partition coefficient (Wildman–Crippen LogP) is 10.1. The molecule has 0 saturated carbocycles. The van der Waals surface area contributed by atoms with Crippen molar-refractivity contribution in [3.8, 4) is 96.7 Å². The fourth-order valence-corrected chi connectivity index (χ4v) is 6.37. The lowest BCUT2D eigenvalue weighted by molar-refractivity contribution is 1.07. The summed E-state index contributed by atoms with van der Waals surface area (Å²) in [5.74, 6) is 3.43. The Balaban J connectivity index is 1.04. The summed E-state index contributed by atoms with van der Waals surface area (Å²) in [7, 11) is 0. The van der Waals surface area contributed by atoms with E-state index in [2.05, 4.69) is 22.1 Å². The second kappa shape index (κ2) is 15.1. The van der Waals surface area contributed by atoms with Crippen molar-refractivity contribution in [3.63, 3.8) is 0 Å². The van der Waals surface area contributed by atoms with Crippen LogP contribution in [0.1, 0.15) is 5.56 Å². The minimum absolute atomic E-state index is 0.550. The van der Waals surface area contributed by atoms with E-state index in [0.29, 0.717) is 40.5 Å². The highest BCUT2D eigenvalue weighted by Crippen LogP contribution is 2.33. The fraction of sp³-hybridized carbons (Fsp3) is 0. The lowest BCUT2D eigenvalue weighted by Crippen LogP contribution is -2.00. The van der Waals surface area contributed by atoms with Crippen LogP contribution in [0.15, 0.2) is 176 Å². The number of nitrogens with zero attached hydrogens (tertiary/aromatic N) is 9. The molecule has 0 amide bonds. The summed E-state index contributed by atoms with van der Waals surface area (Å²) in [5, 5.41) is 10.1. The molecule has 0 N–H and O–H groups in total. The number of pyridine rings is 2. The smallest absolute Gasteiger partial charge is 0.164 e. The van der Waals surface area contributed by atoms with Gasteiger partial charge in [-0.15, -0.1) is 0 Å². The highest BCUT2D eigenvalue weighted by Gasteiger charge is 2.15. The molecule has 9 nitrogen and oxygen atoms in total. The molecular formula is C47H29N9. The van der Waals surface area contributed by atoms with Crippen LogP contribution in [-0.4, -0.2) is 39.9 Å². The van der Waals surface area contributed by atoms with E-state index in [1.165, 1.54) is 0 Å². The van der Waals surface area contributed by atoms with Gasteiger partial charge in [-0.2, -0.15) is 5.26 Å². The Hall–Kier alpha value is -8.09. The molecule has 0 radical (unpaired) electrons. The standard InChI is InChI=1S/C47H29N9/c48-30-40-20-19-39(31-11-15-35(16-12-31)44-51-42(33-7-3-1-4-8-33)53-46(55-44)37-21-25-49-26-22-37)29-41(40)32-13-17-36(18-14-32)45-52-43(34-9-5-2-6-10-34)54-47(56-45)38-23-27-50-28-24-38/h1-29H. The summed E-state index contributed by atoms with van der Waals surface area (Å²) in [6.07, 6.45) is 6.91. The first kappa shape index (κ1) is 33.7. The average molecular weight is 720 g/mol. The van der Waals surface area contributed by atoms with Crippen LogP contribution in [0.25, 0.3) is 90.6 Å². The summed E-state index contributed by atoms with van der Waals surface area (Å²) in [5.41, 5.74) is 9.45. The zero-order chi connectivity index (χ0) is 37.7. The molecule has 0 aliphatic rings. The van der Waals surface area contributed by atoms with Gasteiger partial charge in [0.05, 0.1) is 11.6 Å². The summed E-state index contributed by atoms with van der Waals surface area (Å²) < 4.78 is 0. The van der Waals surface area contributed by atoms with Crippen LogP contribution in [0.5, 0.6) is 0 Å². The number of hydrogen-bond donors (Lipinski definition) is 0. The van der Waals surface area contributed by atoms with Gasteiger partial charge in [-0.1, -0.05) is 115 Å². The zero-order valence-electron chi connectivity index (χ0n) is 29.8. The molecule has 9 aromatic rings. The van der Waals surface area contributed by atoms with Crippen LogP contribution in [-0.2, 0) is 0 Å². The predicted molar refractivity (Wildman–Crippen MR) is 217 cm³/mol. The van der Waals surface area contributed by atoms with E-state index in [0.717, 1.165) is 55.6 Å². The Morgan fingerprint density at radius 2 is 0.625 bits per heavy atom. The largest absolute Gasteiger partial charge is 0.265 e. The molecule has 4 aromatic heterocycles. The highest BCUT2D eigenvalue weighted by atomic mass is 15.0. The molecule has 0 bridgehead atoms. The highest BCUT2D eigenvalue weighted by molar-refractivity contribution is 5.80. The first-order chi connectivity index (χ1) is 27.7. The molecule has 0 atom stereocenters. The Labute approximate surface area is 322 Å². The number of benzene rings is 5. The summed E-state index contributed by atoms with van der Waals surface area (Å²) in [4.78, 5) is 37.3. The molecule has 0 spiro atoms. The maximum atomic E-state index is 10.1. The summed E-state index contributed by atoms with van der Waals surface area (Å²) in [6, 6.07) is 51.7. The second-order valence-corrected chi connectivity index (χ2v) is 12.8. The van der Waals surface area contributed by atoms with Gasteiger partial charge in [-0.25, -0.2) is 29.9 Å². The molecule has 9 heteroatoms. The lowest BCUT2D eigenvalue weighted by Gasteiger charge is -2.11. The molecule has 0 aliphatic heterocycles. The van der Waals surface area contributed by atoms with Crippen molar-refractivity contribution in [2.75, 3.05) is 0 Å². The maximum Gasteiger partial charge on any atom is 0.164 e. The number of rotatable bonds is 8. The van der Waals surface area contributed by atoms with Gasteiger partial charge in [-0.05, 0) is 53.1 Å². The molecule has 4 heterocycles. The van der Waals surface area contributed by atoms with Crippen LogP contribution >= 0.6 is 0 Å². The topological polar surface area (TPSA) is 127 Å². The van der Waals surface area contributed by atoms with Gasteiger partial charge in [-0.3, -0.25) is 9.97 Å². The van der Waals surface area contributed by atoms with Crippen LogP contribution in [0.2, 0.25) is 0 Å². The van der Waals surface area contributed by atoms with Gasteiger partial charge in [0.15, 0.2) is 34.9 Å². The van der Waals surface area contributed by atoms with Crippen LogP contribution < -0.4 is 0 Å². The monoisotopic (exact) mass is 719 g/mol. The molecule has 262 valence electrons. The molecule has 56 heavy (non-hydrogen) atoms. The van der Waals surface area contributed by atoms with Crippen LogP contribution in [0.4, 0.5) is 0 Å². The average Bonchev–Trinajstić information content (AvgIpc) is 3.30. The van der Waals surface area contributed by atoms with E-state index in [9.17, 15) is 5.26 Å². The van der Waals surface area contributed by atoms with E-state index >= 15 is 0 Å². The van der Waals surface area contributed by atoms with Crippen molar-refractivity contribution in [2.24, 2.45) is 0 Å². The zero-order valence-corrected chi connectivity index (χ0v) is 29.8. The number of nitriles is 1. The van der Waals surface area contributed by atoms with E-state index in [4.69, 9.17) is 29.9 Å². The molecule has 0 saturated heterocycles. The van der Waals surface area contributed by atoms with Crippen molar-refractivity contribution in [3.05, 3.63) is 182 Å². The number of aromatic nitrogens is 8. The Bertz CT molecular complexity index is 2710. The second-order valence-electron chi connectivity index (χ2n) is 12.8. The van der Waals surface area contributed by atoms with Crippen molar-refractivity contribution in [1.82, 2.24) is 39.9 Å². The quantitative estimate of drug-likeness (QED) is 0.151. The van der Waals surface area contributed by atoms with Gasteiger partial charge >= 0.3 is 0 Å². The van der Waals surface area contributed by atoms with Crippen molar-refractivity contribution < 1.29 is 0 Å². The SMILES string of the molecule is N#Cc1ccc(-c2ccc(-c3nc(-c4ccccc4)nc(-c4ccncc4)n3)cc2)cc1-c1ccc(-c2nc(-c3ccccc3)nc(-c3ccncc3)n2)cc1. The van der Waals surface area contributed by atoms with Gasteiger partial charge in [0.25, 0.3) is 0 Å². The van der Waals surface area contributed by atoms with Gasteiger partial charge in [0.2, 0.25) is 0 Å². The Morgan fingerprint density at radius 1 is 0.304 bits per heavy atom. The molecular weight excluding hydrogens is 691 g/mol. The van der Waals surface area contributed by atoms with Gasteiger partial charge in [0, 0.05) is 63.7 Å². The minimum atomic E-state index is 0.550. The van der Waals surface area contributed by atoms with Crippen LogP contribution in [0.3, 0.4) is 0 Å². The number of hydrogen-bond acceptors (Lipinski definition) is 9. The molecule has 0 aliphatic carbocycles. The Kier molecular flexibility index (Phi) is 9.10. The third kappa shape index (κ3) is 7.01. The molecule has 0 fully saturated rings. The first-order valence-corrected chi connectivity index (χ1v) is 17.9. The normalized spacial score (nSPS) is 10.8. The van der Waals surface area contributed by atoms with Gasteiger partial charge < -0.3 is 0 Å². The van der Waals surface area contributed by atoms with E-state index in [1.807, 2.05) is 146 Å². The molecule has 5 aromatic carbocycles. The van der Waals surface area contributed by atoms with Crippen molar-refractivity contribution >= 4 is 0 Å². The molecule has 0 unspecified atom stereocenters. The molecule has 9 rings (SSSR count). The fourth-order valence-electron chi connectivity index (χ4n) is 6.37. The van der Waals surface area contributed by atoms with Crippen molar-refractivity contribution in [2.45, 2.75) is 0 Å². The summed E-state index contributed by atoms with van der Waals surface area (Å²) in [6.45, 7) is 0. The van der Waals surface area contributed by atoms with Crippen molar-refractivity contribution in [1.29, 1.82) is 5.26 Å². The van der Waals surface area contributed by atoms with Crippen LogP contribution in [0, 0.1) is 11.3 Å². The lowest BCUT2D eigenvalue weighted by atomic mass is 9.94.